The summed E-state index contributed by atoms with van der Waals surface area (Å²) in [5.74, 6) is 0.563. The van der Waals surface area contributed by atoms with Gasteiger partial charge in [0.15, 0.2) is 0 Å². The Bertz CT molecular complexity index is 440. The van der Waals surface area contributed by atoms with Crippen LogP contribution in [0.3, 0.4) is 0 Å². The largest absolute Gasteiger partial charge is 0.496 e. The molecular weight excluding hydrogens is 240 g/mol. The molecule has 1 fully saturated rings. The fourth-order valence-electron chi connectivity index (χ4n) is 2.41. The number of piperidine rings is 1. The summed E-state index contributed by atoms with van der Waals surface area (Å²) in [6.45, 7) is 3.70. The van der Waals surface area contributed by atoms with E-state index >= 15 is 0 Å². The van der Waals surface area contributed by atoms with Crippen LogP contribution in [0, 0.1) is 6.92 Å². The summed E-state index contributed by atoms with van der Waals surface area (Å²) in [5.41, 5.74) is 1.67. The van der Waals surface area contributed by atoms with E-state index in [9.17, 15) is 4.79 Å². The van der Waals surface area contributed by atoms with Gasteiger partial charge in [0.2, 0.25) is 0 Å². The minimum atomic E-state index is -0.0621. The third kappa shape index (κ3) is 3.70. The number of hydrogen-bond acceptors (Lipinski definition) is 3. The second-order valence-corrected chi connectivity index (χ2v) is 5.06. The highest BCUT2D eigenvalue weighted by molar-refractivity contribution is 5.97. The van der Waals surface area contributed by atoms with E-state index in [0.717, 1.165) is 18.5 Å². The van der Waals surface area contributed by atoms with Gasteiger partial charge in [-0.2, -0.15) is 0 Å². The van der Waals surface area contributed by atoms with Gasteiger partial charge in [0.1, 0.15) is 5.75 Å². The van der Waals surface area contributed by atoms with Gasteiger partial charge in [-0.3, -0.25) is 4.79 Å². The molecule has 0 saturated carbocycles. The molecule has 4 heteroatoms. The Kier molecular flexibility index (Phi) is 4.80. The van der Waals surface area contributed by atoms with Gasteiger partial charge >= 0.3 is 0 Å². The van der Waals surface area contributed by atoms with Gasteiger partial charge in [-0.1, -0.05) is 18.1 Å². The van der Waals surface area contributed by atoms with Crippen LogP contribution in [0.25, 0.3) is 0 Å². The molecule has 1 aromatic rings. The lowest BCUT2D eigenvalue weighted by atomic mass is 10.0. The smallest absolute Gasteiger partial charge is 0.255 e. The van der Waals surface area contributed by atoms with Crippen LogP contribution in [0.1, 0.15) is 35.2 Å². The predicted molar refractivity (Wildman–Crippen MR) is 75.7 cm³/mol. The number of amides is 1. The molecule has 1 aromatic carbocycles. The molecule has 2 N–H and O–H groups in total. The van der Waals surface area contributed by atoms with Gasteiger partial charge in [0.25, 0.3) is 5.91 Å². The standard InChI is InChI=1S/C15H22N2O2/c1-11-6-7-14(19-2)13(9-11)15(18)17-10-12-5-3-4-8-16-12/h6-7,9,12,16H,3-5,8,10H2,1-2H3,(H,17,18). The summed E-state index contributed by atoms with van der Waals surface area (Å²) < 4.78 is 5.24. The van der Waals surface area contributed by atoms with Crippen molar-refractivity contribution in [3.63, 3.8) is 0 Å². The summed E-state index contributed by atoms with van der Waals surface area (Å²) in [7, 11) is 1.59. The van der Waals surface area contributed by atoms with E-state index in [-0.39, 0.29) is 5.91 Å². The monoisotopic (exact) mass is 262 g/mol. The third-order valence-electron chi connectivity index (χ3n) is 3.52. The van der Waals surface area contributed by atoms with E-state index in [4.69, 9.17) is 4.74 Å². The number of nitrogens with one attached hydrogen (secondary N) is 2. The number of hydrogen-bond donors (Lipinski definition) is 2. The number of ether oxygens (including phenoxy) is 1. The molecule has 104 valence electrons. The topological polar surface area (TPSA) is 50.4 Å². The highest BCUT2D eigenvalue weighted by atomic mass is 16.5. The van der Waals surface area contributed by atoms with Crippen LogP contribution in [0.4, 0.5) is 0 Å². The maximum Gasteiger partial charge on any atom is 0.255 e. The van der Waals surface area contributed by atoms with E-state index in [1.807, 2.05) is 25.1 Å². The second kappa shape index (κ2) is 6.57. The van der Waals surface area contributed by atoms with Crippen LogP contribution in [0.2, 0.25) is 0 Å². The van der Waals surface area contributed by atoms with Crippen molar-refractivity contribution in [3.05, 3.63) is 29.3 Å². The molecule has 0 radical (unpaired) electrons. The molecule has 1 atom stereocenters. The summed E-state index contributed by atoms with van der Waals surface area (Å²) in [6.07, 6.45) is 3.60. The van der Waals surface area contributed by atoms with E-state index in [1.54, 1.807) is 7.11 Å². The molecule has 1 saturated heterocycles. The fourth-order valence-corrected chi connectivity index (χ4v) is 2.41. The van der Waals surface area contributed by atoms with Crippen LogP contribution in [-0.2, 0) is 0 Å². The zero-order valence-corrected chi connectivity index (χ0v) is 11.7. The van der Waals surface area contributed by atoms with Gasteiger partial charge in [-0.25, -0.2) is 0 Å². The van der Waals surface area contributed by atoms with Crippen LogP contribution >= 0.6 is 0 Å². The molecule has 1 aliphatic rings. The zero-order chi connectivity index (χ0) is 13.7. The highest BCUT2D eigenvalue weighted by Crippen LogP contribution is 2.19. The molecule has 1 aliphatic heterocycles. The maximum atomic E-state index is 12.2. The average molecular weight is 262 g/mol. The Labute approximate surface area is 114 Å². The van der Waals surface area contributed by atoms with Crippen molar-refractivity contribution >= 4 is 5.91 Å². The molecule has 0 spiro atoms. The number of methoxy groups -OCH3 is 1. The lowest BCUT2D eigenvalue weighted by Gasteiger charge is -2.23. The Morgan fingerprint density at radius 3 is 3.00 bits per heavy atom. The molecule has 1 unspecified atom stereocenters. The van der Waals surface area contributed by atoms with Crippen LogP contribution in [-0.4, -0.2) is 32.1 Å². The predicted octanol–water partition coefficient (Wildman–Crippen LogP) is 1.88. The maximum absolute atomic E-state index is 12.2. The Morgan fingerprint density at radius 2 is 2.32 bits per heavy atom. The number of carbonyl (C=O) groups is 1. The summed E-state index contributed by atoms with van der Waals surface area (Å²) in [6, 6.07) is 6.04. The third-order valence-corrected chi connectivity index (χ3v) is 3.52. The number of rotatable bonds is 4. The first-order valence-corrected chi connectivity index (χ1v) is 6.87. The Morgan fingerprint density at radius 1 is 1.47 bits per heavy atom. The summed E-state index contributed by atoms with van der Waals surface area (Å²) >= 11 is 0. The minimum Gasteiger partial charge on any atom is -0.496 e. The SMILES string of the molecule is COc1ccc(C)cc1C(=O)NCC1CCCCN1. The first-order valence-electron chi connectivity index (χ1n) is 6.87. The van der Waals surface area contributed by atoms with Crippen molar-refractivity contribution in [2.45, 2.75) is 32.2 Å². The van der Waals surface area contributed by atoms with Crippen molar-refractivity contribution in [1.29, 1.82) is 0 Å². The summed E-state index contributed by atoms with van der Waals surface area (Å²) in [4.78, 5) is 12.2. The average Bonchev–Trinajstić information content (AvgIpc) is 2.46. The normalized spacial score (nSPS) is 18.9. The van der Waals surface area contributed by atoms with Gasteiger partial charge in [-0.15, -0.1) is 0 Å². The Balaban J connectivity index is 1.97. The Hall–Kier alpha value is -1.55. The molecular formula is C15H22N2O2. The van der Waals surface area contributed by atoms with E-state index < -0.39 is 0 Å². The summed E-state index contributed by atoms with van der Waals surface area (Å²) in [5, 5.41) is 6.41. The van der Waals surface area contributed by atoms with Gasteiger partial charge in [-0.05, 0) is 38.4 Å². The molecule has 2 rings (SSSR count). The number of benzene rings is 1. The zero-order valence-electron chi connectivity index (χ0n) is 11.7. The van der Waals surface area contributed by atoms with E-state index in [1.165, 1.54) is 12.8 Å². The van der Waals surface area contributed by atoms with Gasteiger partial charge in [0.05, 0.1) is 12.7 Å². The molecule has 1 amide bonds. The first-order chi connectivity index (χ1) is 9.20. The molecule has 0 aromatic heterocycles. The molecule has 0 aliphatic carbocycles. The lowest BCUT2D eigenvalue weighted by molar-refractivity contribution is 0.0944. The molecule has 19 heavy (non-hydrogen) atoms. The van der Waals surface area contributed by atoms with Crippen molar-refractivity contribution < 1.29 is 9.53 Å². The lowest BCUT2D eigenvalue weighted by Crippen LogP contribution is -2.43. The first kappa shape index (κ1) is 13.9. The fraction of sp³-hybridized carbons (Fsp3) is 0.533. The number of aryl methyl sites for hydroxylation is 1. The minimum absolute atomic E-state index is 0.0621. The highest BCUT2D eigenvalue weighted by Gasteiger charge is 2.16. The van der Waals surface area contributed by atoms with Crippen molar-refractivity contribution in [2.24, 2.45) is 0 Å². The van der Waals surface area contributed by atoms with Crippen molar-refractivity contribution in [3.8, 4) is 5.75 Å². The van der Waals surface area contributed by atoms with Crippen LogP contribution in [0.5, 0.6) is 5.75 Å². The number of carbonyl (C=O) groups excluding carboxylic acids is 1. The second-order valence-electron chi connectivity index (χ2n) is 5.06. The molecule has 0 bridgehead atoms. The van der Waals surface area contributed by atoms with Crippen LogP contribution in [0.15, 0.2) is 18.2 Å². The van der Waals surface area contributed by atoms with Crippen molar-refractivity contribution in [2.75, 3.05) is 20.2 Å². The van der Waals surface area contributed by atoms with Crippen molar-refractivity contribution in [1.82, 2.24) is 10.6 Å². The van der Waals surface area contributed by atoms with Crippen LogP contribution < -0.4 is 15.4 Å². The van der Waals surface area contributed by atoms with E-state index in [2.05, 4.69) is 10.6 Å². The van der Waals surface area contributed by atoms with E-state index in [0.29, 0.717) is 23.9 Å². The molecule has 4 nitrogen and oxygen atoms in total. The molecule has 1 heterocycles. The quantitative estimate of drug-likeness (QED) is 0.871. The van der Waals surface area contributed by atoms with Gasteiger partial charge in [0, 0.05) is 12.6 Å². The van der Waals surface area contributed by atoms with Gasteiger partial charge < -0.3 is 15.4 Å².